The maximum atomic E-state index is 13.6. The van der Waals surface area contributed by atoms with Crippen molar-refractivity contribution in [1.82, 2.24) is 14.8 Å². The van der Waals surface area contributed by atoms with Crippen LogP contribution in [0, 0.1) is 11.2 Å². The summed E-state index contributed by atoms with van der Waals surface area (Å²) in [4.78, 5) is 33.3. The van der Waals surface area contributed by atoms with Crippen molar-refractivity contribution in [2.45, 2.75) is 33.7 Å². The molecule has 1 aliphatic rings. The van der Waals surface area contributed by atoms with Gasteiger partial charge in [-0.3, -0.25) is 14.5 Å². The van der Waals surface area contributed by atoms with Gasteiger partial charge in [0.05, 0.1) is 12.2 Å². The van der Waals surface area contributed by atoms with E-state index in [1.165, 1.54) is 23.5 Å². The molecule has 3 rings (SSSR count). The summed E-state index contributed by atoms with van der Waals surface area (Å²) >= 11 is 1.50. The molecule has 0 radical (unpaired) electrons. The smallest absolute Gasteiger partial charge is 0.254 e. The van der Waals surface area contributed by atoms with Gasteiger partial charge in [-0.25, -0.2) is 9.37 Å². The van der Waals surface area contributed by atoms with Crippen molar-refractivity contribution in [2.75, 3.05) is 31.9 Å². The zero-order valence-electron chi connectivity index (χ0n) is 17.1. The number of anilines is 1. The summed E-state index contributed by atoms with van der Waals surface area (Å²) in [7, 11) is 0. The molecular weight excluding hydrogens is 391 g/mol. The summed E-state index contributed by atoms with van der Waals surface area (Å²) < 4.78 is 13.6. The number of amides is 1. The largest absolute Gasteiger partial charge is 0.396 e. The van der Waals surface area contributed by atoms with E-state index in [-0.39, 0.29) is 22.8 Å². The number of halogens is 1. The van der Waals surface area contributed by atoms with Crippen molar-refractivity contribution < 1.29 is 14.0 Å². The fourth-order valence-electron chi connectivity index (χ4n) is 3.23. The molecule has 8 heteroatoms. The fourth-order valence-corrected chi connectivity index (χ4v) is 4.07. The Bertz CT molecular complexity index is 898. The predicted molar refractivity (Wildman–Crippen MR) is 113 cm³/mol. The number of nitrogens with two attached hydrogens (primary N) is 1. The molecule has 1 aromatic heterocycles. The molecule has 1 saturated heterocycles. The van der Waals surface area contributed by atoms with Crippen LogP contribution >= 0.6 is 11.3 Å². The number of piperazine rings is 1. The highest BCUT2D eigenvalue weighted by Crippen LogP contribution is 2.23. The second-order valence-corrected chi connectivity index (χ2v) is 9.53. The van der Waals surface area contributed by atoms with E-state index in [9.17, 15) is 14.0 Å². The lowest BCUT2D eigenvalue weighted by molar-refractivity contribution is 0.0627. The van der Waals surface area contributed by atoms with Crippen molar-refractivity contribution in [3.8, 4) is 0 Å². The van der Waals surface area contributed by atoms with E-state index >= 15 is 0 Å². The minimum Gasteiger partial charge on any atom is -0.396 e. The molecule has 6 nitrogen and oxygen atoms in total. The van der Waals surface area contributed by atoms with Crippen LogP contribution in [-0.2, 0) is 6.54 Å². The standard InChI is InChI=1S/C21H27FN4O2S/c1-21(2,3)11-18(27)17-13-29-19(24-17)12-25-6-8-26(9-7-25)20(28)14-4-5-16(23)15(22)10-14/h4-5,10,13H,6-9,11-12,23H2,1-3H3. The Kier molecular flexibility index (Phi) is 6.33. The number of nitrogens with zero attached hydrogens (tertiary/aromatic N) is 3. The van der Waals surface area contributed by atoms with Crippen LogP contribution in [0.15, 0.2) is 23.6 Å². The Morgan fingerprint density at radius 1 is 1.21 bits per heavy atom. The van der Waals surface area contributed by atoms with Gasteiger partial charge in [0.1, 0.15) is 16.5 Å². The first kappa shape index (κ1) is 21.4. The molecular formula is C21H27FN4O2S. The van der Waals surface area contributed by atoms with Gasteiger partial charge >= 0.3 is 0 Å². The third-order valence-electron chi connectivity index (χ3n) is 4.79. The summed E-state index contributed by atoms with van der Waals surface area (Å²) in [5, 5.41) is 2.74. The lowest BCUT2D eigenvalue weighted by atomic mass is 9.89. The van der Waals surface area contributed by atoms with Gasteiger partial charge in [0.25, 0.3) is 5.91 Å². The SMILES string of the molecule is CC(C)(C)CC(=O)c1csc(CN2CCN(C(=O)c3ccc(N)c(F)c3)CC2)n1. The number of hydrogen-bond donors (Lipinski definition) is 1. The van der Waals surface area contributed by atoms with E-state index in [2.05, 4.69) is 9.88 Å². The second kappa shape index (κ2) is 8.59. The van der Waals surface area contributed by atoms with Gasteiger partial charge in [0.15, 0.2) is 5.78 Å². The third kappa shape index (κ3) is 5.61. The van der Waals surface area contributed by atoms with Crippen molar-refractivity contribution in [2.24, 2.45) is 5.41 Å². The van der Waals surface area contributed by atoms with Crippen molar-refractivity contribution >= 4 is 28.7 Å². The molecule has 29 heavy (non-hydrogen) atoms. The van der Waals surface area contributed by atoms with Crippen LogP contribution in [0.5, 0.6) is 0 Å². The van der Waals surface area contributed by atoms with Crippen LogP contribution in [0.1, 0.15) is 53.0 Å². The molecule has 1 aliphatic heterocycles. The molecule has 1 aromatic carbocycles. The zero-order valence-corrected chi connectivity index (χ0v) is 17.9. The molecule has 2 N–H and O–H groups in total. The molecule has 2 aromatic rings. The first-order chi connectivity index (χ1) is 13.6. The number of carbonyl (C=O) groups excluding carboxylic acids is 2. The van der Waals surface area contributed by atoms with Crippen molar-refractivity contribution in [1.29, 1.82) is 0 Å². The molecule has 0 atom stereocenters. The molecule has 0 aliphatic carbocycles. The molecule has 1 fully saturated rings. The molecule has 156 valence electrons. The average molecular weight is 419 g/mol. The number of nitrogen functional groups attached to an aromatic ring is 1. The van der Waals surface area contributed by atoms with Crippen molar-refractivity contribution in [3.63, 3.8) is 0 Å². The van der Waals surface area contributed by atoms with Gasteiger partial charge in [0, 0.05) is 43.5 Å². The summed E-state index contributed by atoms with van der Waals surface area (Å²) in [6.07, 6.45) is 0.475. The summed E-state index contributed by atoms with van der Waals surface area (Å²) in [6, 6.07) is 4.16. The maximum absolute atomic E-state index is 13.6. The van der Waals surface area contributed by atoms with Crippen LogP contribution in [0.25, 0.3) is 0 Å². The maximum Gasteiger partial charge on any atom is 0.254 e. The van der Waals surface area contributed by atoms with Crippen LogP contribution in [0.3, 0.4) is 0 Å². The molecule has 2 heterocycles. The highest BCUT2D eigenvalue weighted by atomic mass is 32.1. The fraction of sp³-hybridized carbons (Fsp3) is 0.476. The first-order valence-electron chi connectivity index (χ1n) is 9.67. The number of hydrogen-bond acceptors (Lipinski definition) is 6. The normalized spacial score (nSPS) is 15.5. The predicted octanol–water partition coefficient (Wildman–Crippen LogP) is 3.44. The number of aromatic nitrogens is 1. The highest BCUT2D eigenvalue weighted by molar-refractivity contribution is 7.09. The number of ketones is 1. The van der Waals surface area contributed by atoms with Gasteiger partial charge < -0.3 is 10.6 Å². The van der Waals surface area contributed by atoms with E-state index in [1.807, 2.05) is 26.2 Å². The Balaban J connectivity index is 1.53. The number of rotatable bonds is 5. The quantitative estimate of drug-likeness (QED) is 0.594. The van der Waals surface area contributed by atoms with Crippen molar-refractivity contribution in [3.05, 3.63) is 45.7 Å². The number of Topliss-reactive ketones (excluding diaryl/α,β-unsaturated/α-hetero) is 1. The Labute approximate surface area is 174 Å². The van der Waals surface area contributed by atoms with Gasteiger partial charge in [-0.1, -0.05) is 20.8 Å². The Morgan fingerprint density at radius 3 is 2.52 bits per heavy atom. The topological polar surface area (TPSA) is 79.5 Å². The van der Waals surface area contributed by atoms with Crippen LogP contribution in [-0.4, -0.2) is 52.7 Å². The Morgan fingerprint density at radius 2 is 1.90 bits per heavy atom. The minimum absolute atomic E-state index is 0.0372. The zero-order chi connectivity index (χ0) is 21.2. The van der Waals surface area contributed by atoms with E-state index in [4.69, 9.17) is 5.73 Å². The minimum atomic E-state index is -0.574. The van der Waals surface area contributed by atoms with Gasteiger partial charge in [0.2, 0.25) is 0 Å². The van der Waals surface area contributed by atoms with Gasteiger partial charge in [-0.15, -0.1) is 11.3 Å². The monoisotopic (exact) mass is 418 g/mol. The van der Waals surface area contributed by atoms with Crippen LogP contribution in [0.2, 0.25) is 0 Å². The van der Waals surface area contributed by atoms with Crippen LogP contribution in [0.4, 0.5) is 10.1 Å². The van der Waals surface area contributed by atoms with E-state index in [0.717, 1.165) is 5.01 Å². The summed E-state index contributed by atoms with van der Waals surface area (Å²) in [5.74, 6) is -0.686. The second-order valence-electron chi connectivity index (χ2n) is 8.59. The number of benzene rings is 1. The Hall–Kier alpha value is -2.32. The number of carbonyl (C=O) groups is 2. The molecule has 0 unspecified atom stereocenters. The first-order valence-corrected chi connectivity index (χ1v) is 10.5. The lowest BCUT2D eigenvalue weighted by Crippen LogP contribution is -2.48. The third-order valence-corrected chi connectivity index (χ3v) is 5.63. The average Bonchev–Trinajstić information content (AvgIpc) is 3.11. The van der Waals surface area contributed by atoms with E-state index in [1.54, 1.807) is 11.0 Å². The molecule has 0 saturated carbocycles. The number of thiazole rings is 1. The van der Waals surface area contributed by atoms with E-state index < -0.39 is 5.82 Å². The summed E-state index contributed by atoms with van der Waals surface area (Å²) in [5.41, 5.74) is 6.31. The van der Waals surface area contributed by atoms with Gasteiger partial charge in [-0.05, 0) is 23.6 Å². The molecule has 0 spiro atoms. The summed E-state index contributed by atoms with van der Waals surface area (Å²) in [6.45, 7) is 9.30. The lowest BCUT2D eigenvalue weighted by Gasteiger charge is -2.34. The molecule has 1 amide bonds. The van der Waals surface area contributed by atoms with Gasteiger partial charge in [-0.2, -0.15) is 0 Å². The molecule has 0 bridgehead atoms. The van der Waals surface area contributed by atoms with E-state index in [0.29, 0.717) is 50.4 Å². The highest BCUT2D eigenvalue weighted by Gasteiger charge is 2.24. The van der Waals surface area contributed by atoms with Crippen LogP contribution < -0.4 is 5.73 Å².